The molecule has 1 aromatic rings. The zero-order valence-electron chi connectivity index (χ0n) is 13.9. The van der Waals surface area contributed by atoms with Crippen molar-refractivity contribution in [1.82, 2.24) is 5.32 Å². The van der Waals surface area contributed by atoms with Crippen molar-refractivity contribution >= 4 is 11.7 Å². The molecule has 4 atom stereocenters. The Morgan fingerprint density at radius 3 is 2.52 bits per heavy atom. The number of fused-ring (bicyclic) bond motifs is 2. The average Bonchev–Trinajstić information content (AvgIpc) is 3.16. The van der Waals surface area contributed by atoms with E-state index >= 15 is 0 Å². The molecule has 3 rings (SSSR count). The van der Waals surface area contributed by atoms with Crippen LogP contribution in [0.2, 0.25) is 0 Å². The van der Waals surface area contributed by atoms with Crippen LogP contribution in [0.15, 0.2) is 24.3 Å². The highest BCUT2D eigenvalue weighted by Gasteiger charge is 2.42. The van der Waals surface area contributed by atoms with Crippen LogP contribution in [0.3, 0.4) is 0 Å². The van der Waals surface area contributed by atoms with Crippen LogP contribution < -0.4 is 10.1 Å². The lowest BCUT2D eigenvalue weighted by atomic mass is 9.84. The summed E-state index contributed by atoms with van der Waals surface area (Å²) in [6.07, 6.45) is 5.32. The molecule has 2 fully saturated rings. The third-order valence-corrected chi connectivity index (χ3v) is 5.45. The molecule has 1 amide bonds. The number of Topliss-reactive ketones (excluding diaryl/α,β-unsaturated/α-hetero) is 1. The largest absolute Gasteiger partial charge is 0.484 e. The Labute approximate surface area is 137 Å². The van der Waals surface area contributed by atoms with E-state index in [1.54, 1.807) is 24.3 Å². The molecule has 2 saturated carbocycles. The summed E-state index contributed by atoms with van der Waals surface area (Å²) in [4.78, 5) is 23.3. The fourth-order valence-corrected chi connectivity index (χ4v) is 4.24. The van der Waals surface area contributed by atoms with E-state index in [9.17, 15) is 9.59 Å². The highest BCUT2D eigenvalue weighted by molar-refractivity contribution is 5.94. The number of rotatable bonds is 6. The van der Waals surface area contributed by atoms with Crippen molar-refractivity contribution in [2.45, 2.75) is 45.6 Å². The number of ether oxygens (including phenoxy) is 1. The fraction of sp³-hybridized carbons (Fsp3) is 0.579. The topological polar surface area (TPSA) is 55.4 Å². The number of benzene rings is 1. The number of ketones is 1. The molecule has 0 radical (unpaired) electrons. The van der Waals surface area contributed by atoms with Crippen molar-refractivity contribution in [3.8, 4) is 5.75 Å². The third kappa shape index (κ3) is 3.74. The Morgan fingerprint density at radius 2 is 1.96 bits per heavy atom. The van der Waals surface area contributed by atoms with Crippen LogP contribution in [0.25, 0.3) is 0 Å². The summed E-state index contributed by atoms with van der Waals surface area (Å²) >= 11 is 0. The van der Waals surface area contributed by atoms with Crippen LogP contribution in [0.4, 0.5) is 0 Å². The Balaban J connectivity index is 1.45. The summed E-state index contributed by atoms with van der Waals surface area (Å²) in [5, 5.41) is 3.09. The van der Waals surface area contributed by atoms with E-state index in [4.69, 9.17) is 4.74 Å². The van der Waals surface area contributed by atoms with E-state index in [-0.39, 0.29) is 24.3 Å². The first kappa shape index (κ1) is 16.0. The predicted molar refractivity (Wildman–Crippen MR) is 88.5 cm³/mol. The van der Waals surface area contributed by atoms with Gasteiger partial charge in [-0.1, -0.05) is 6.42 Å². The molecule has 1 N–H and O–H groups in total. The van der Waals surface area contributed by atoms with Gasteiger partial charge in [-0.15, -0.1) is 0 Å². The van der Waals surface area contributed by atoms with Crippen molar-refractivity contribution in [2.24, 2.45) is 17.8 Å². The van der Waals surface area contributed by atoms with E-state index < -0.39 is 0 Å². The summed E-state index contributed by atoms with van der Waals surface area (Å²) < 4.78 is 5.50. The zero-order valence-corrected chi connectivity index (χ0v) is 13.9. The molecule has 2 aliphatic carbocycles. The Hall–Kier alpha value is -1.84. The molecule has 0 aliphatic heterocycles. The summed E-state index contributed by atoms with van der Waals surface area (Å²) in [5.74, 6) is 2.88. The molecule has 2 bridgehead atoms. The zero-order chi connectivity index (χ0) is 16.4. The van der Waals surface area contributed by atoms with Gasteiger partial charge in [0.15, 0.2) is 12.4 Å². The van der Waals surface area contributed by atoms with Gasteiger partial charge in [0.25, 0.3) is 5.91 Å². The molecule has 4 nitrogen and oxygen atoms in total. The van der Waals surface area contributed by atoms with Gasteiger partial charge in [0.05, 0.1) is 0 Å². The first-order valence-corrected chi connectivity index (χ1v) is 8.56. The van der Waals surface area contributed by atoms with Crippen LogP contribution in [0.5, 0.6) is 5.75 Å². The summed E-state index contributed by atoms with van der Waals surface area (Å²) in [6, 6.07) is 7.11. The van der Waals surface area contributed by atoms with Crippen LogP contribution >= 0.6 is 0 Å². The van der Waals surface area contributed by atoms with Crippen molar-refractivity contribution in [2.75, 3.05) is 6.61 Å². The highest BCUT2D eigenvalue weighted by Crippen LogP contribution is 2.49. The molecule has 4 heteroatoms. The lowest BCUT2D eigenvalue weighted by Gasteiger charge is -2.28. The lowest BCUT2D eigenvalue weighted by molar-refractivity contribution is -0.124. The fourth-order valence-electron chi connectivity index (χ4n) is 4.24. The maximum atomic E-state index is 12.1. The molecular formula is C19H25NO3. The second-order valence-corrected chi connectivity index (χ2v) is 7.06. The predicted octanol–water partition coefficient (Wildman–Crippen LogP) is 3.21. The number of amides is 1. The smallest absolute Gasteiger partial charge is 0.258 e. The van der Waals surface area contributed by atoms with E-state index in [0.29, 0.717) is 17.2 Å². The summed E-state index contributed by atoms with van der Waals surface area (Å²) in [6.45, 7) is 3.66. The molecule has 2 aliphatic rings. The molecular weight excluding hydrogens is 290 g/mol. The van der Waals surface area contributed by atoms with Gasteiger partial charge in [0, 0.05) is 11.6 Å². The molecule has 0 heterocycles. The van der Waals surface area contributed by atoms with Gasteiger partial charge in [0.1, 0.15) is 5.75 Å². The average molecular weight is 315 g/mol. The van der Waals surface area contributed by atoms with Crippen molar-refractivity contribution in [3.05, 3.63) is 29.8 Å². The Bertz CT molecular complexity index is 581. The van der Waals surface area contributed by atoms with Gasteiger partial charge >= 0.3 is 0 Å². The number of hydrogen-bond donors (Lipinski definition) is 1. The summed E-state index contributed by atoms with van der Waals surface area (Å²) in [5.41, 5.74) is 0.645. The van der Waals surface area contributed by atoms with Crippen LogP contribution in [-0.2, 0) is 4.79 Å². The Kier molecular flexibility index (Phi) is 4.69. The minimum absolute atomic E-state index is 0.0184. The first-order chi connectivity index (χ1) is 11.0. The van der Waals surface area contributed by atoms with Gasteiger partial charge in [0.2, 0.25) is 0 Å². The number of nitrogens with one attached hydrogen (secondary N) is 1. The molecule has 23 heavy (non-hydrogen) atoms. The van der Waals surface area contributed by atoms with Crippen molar-refractivity contribution in [1.29, 1.82) is 0 Å². The monoisotopic (exact) mass is 315 g/mol. The highest BCUT2D eigenvalue weighted by atomic mass is 16.5. The van der Waals surface area contributed by atoms with E-state index in [2.05, 4.69) is 12.2 Å². The van der Waals surface area contributed by atoms with Crippen LogP contribution in [-0.4, -0.2) is 24.3 Å². The van der Waals surface area contributed by atoms with Gasteiger partial charge < -0.3 is 10.1 Å². The molecule has 0 aromatic heterocycles. The Morgan fingerprint density at radius 1 is 1.22 bits per heavy atom. The molecule has 0 spiro atoms. The van der Waals surface area contributed by atoms with Crippen molar-refractivity contribution < 1.29 is 14.3 Å². The van der Waals surface area contributed by atoms with Crippen molar-refractivity contribution in [3.63, 3.8) is 0 Å². The maximum Gasteiger partial charge on any atom is 0.258 e. The lowest BCUT2D eigenvalue weighted by Crippen LogP contribution is -2.42. The van der Waals surface area contributed by atoms with Gasteiger partial charge in [-0.2, -0.15) is 0 Å². The number of carbonyl (C=O) groups excluding carboxylic acids is 2. The van der Waals surface area contributed by atoms with E-state index in [0.717, 1.165) is 11.8 Å². The quantitative estimate of drug-likeness (QED) is 0.820. The maximum absolute atomic E-state index is 12.1. The normalized spacial score (nSPS) is 26.8. The van der Waals surface area contributed by atoms with Gasteiger partial charge in [-0.05, 0) is 75.1 Å². The standard InChI is InChI=1S/C19H25NO3/c1-12(18-10-14-3-4-16(18)9-14)20-19(22)11-23-17-7-5-15(6-8-17)13(2)21/h5-8,12,14,16,18H,3-4,9-11H2,1-2H3,(H,20,22)/t12-,14-,16-,18-/m0/s1. The first-order valence-electron chi connectivity index (χ1n) is 8.56. The SMILES string of the molecule is CC(=O)c1ccc(OCC(=O)N[C@@H](C)[C@@H]2C[C@H]3CC[C@H]2C3)cc1. The third-order valence-electron chi connectivity index (χ3n) is 5.45. The number of carbonyl (C=O) groups is 2. The minimum Gasteiger partial charge on any atom is -0.484 e. The second-order valence-electron chi connectivity index (χ2n) is 7.06. The minimum atomic E-state index is -0.0732. The molecule has 0 unspecified atom stereocenters. The number of hydrogen-bond acceptors (Lipinski definition) is 3. The summed E-state index contributed by atoms with van der Waals surface area (Å²) in [7, 11) is 0. The van der Waals surface area contributed by atoms with Gasteiger partial charge in [-0.25, -0.2) is 0 Å². The second kappa shape index (κ2) is 6.73. The van der Waals surface area contributed by atoms with Crippen LogP contribution in [0, 0.1) is 17.8 Å². The molecule has 0 saturated heterocycles. The molecule has 1 aromatic carbocycles. The van der Waals surface area contributed by atoms with Gasteiger partial charge in [-0.3, -0.25) is 9.59 Å². The van der Waals surface area contributed by atoms with E-state index in [1.807, 2.05) is 0 Å². The molecule has 124 valence electrons. The van der Waals surface area contributed by atoms with E-state index in [1.165, 1.54) is 32.6 Å². The van der Waals surface area contributed by atoms with Crippen LogP contribution in [0.1, 0.15) is 49.9 Å².